The Kier molecular flexibility index (Phi) is 5.99. The fourth-order valence-corrected chi connectivity index (χ4v) is 3.03. The van der Waals surface area contributed by atoms with Crippen molar-refractivity contribution in [3.05, 3.63) is 77.0 Å². The number of hydrogen-bond donors (Lipinski definition) is 2. The Balaban J connectivity index is 1.81. The maximum Gasteiger partial charge on any atom is 0.338 e. The molecule has 6 heteroatoms. The van der Waals surface area contributed by atoms with E-state index in [1.54, 1.807) is 6.92 Å². The average molecular weight is 380 g/mol. The predicted octanol–water partition coefficient (Wildman–Crippen LogP) is 3.85. The molecule has 1 heterocycles. The SMILES string of the molecule is CC1=C(C(=O)OCc2ccccc2)C(c2ccc(OC(C)C)cc2)NC(=O)N1. The lowest BCUT2D eigenvalue weighted by molar-refractivity contribution is -0.140. The first-order valence-corrected chi connectivity index (χ1v) is 9.20. The van der Waals surface area contributed by atoms with Crippen LogP contribution in [0.5, 0.6) is 5.75 Å². The first-order valence-electron chi connectivity index (χ1n) is 9.20. The number of benzene rings is 2. The van der Waals surface area contributed by atoms with Crippen molar-refractivity contribution >= 4 is 12.0 Å². The van der Waals surface area contributed by atoms with Crippen LogP contribution in [0.1, 0.15) is 37.9 Å². The molecule has 0 aromatic heterocycles. The molecule has 0 bridgehead atoms. The third kappa shape index (κ3) is 4.71. The molecule has 1 unspecified atom stereocenters. The highest BCUT2D eigenvalue weighted by Crippen LogP contribution is 2.29. The minimum Gasteiger partial charge on any atom is -0.491 e. The molecule has 2 aromatic rings. The van der Waals surface area contributed by atoms with Gasteiger partial charge in [0.25, 0.3) is 0 Å². The molecule has 1 aliphatic heterocycles. The zero-order valence-corrected chi connectivity index (χ0v) is 16.2. The molecule has 2 N–H and O–H groups in total. The van der Waals surface area contributed by atoms with Gasteiger partial charge in [0.15, 0.2) is 0 Å². The van der Waals surface area contributed by atoms with Crippen molar-refractivity contribution in [2.75, 3.05) is 0 Å². The van der Waals surface area contributed by atoms with Crippen molar-refractivity contribution in [1.29, 1.82) is 0 Å². The zero-order chi connectivity index (χ0) is 20.1. The largest absolute Gasteiger partial charge is 0.491 e. The van der Waals surface area contributed by atoms with Gasteiger partial charge < -0.3 is 20.1 Å². The molecular formula is C22H24N2O4. The van der Waals surface area contributed by atoms with Crippen LogP contribution in [-0.4, -0.2) is 18.1 Å². The van der Waals surface area contributed by atoms with Crippen LogP contribution < -0.4 is 15.4 Å². The van der Waals surface area contributed by atoms with Gasteiger partial charge in [-0.2, -0.15) is 0 Å². The van der Waals surface area contributed by atoms with E-state index in [9.17, 15) is 9.59 Å². The summed E-state index contributed by atoms with van der Waals surface area (Å²) in [6, 6.07) is 15.8. The van der Waals surface area contributed by atoms with Crippen LogP contribution in [-0.2, 0) is 16.1 Å². The molecule has 0 fully saturated rings. The monoisotopic (exact) mass is 380 g/mol. The zero-order valence-electron chi connectivity index (χ0n) is 16.2. The third-order valence-corrected chi connectivity index (χ3v) is 4.29. The first kappa shape index (κ1) is 19.5. The third-order valence-electron chi connectivity index (χ3n) is 4.29. The molecule has 0 spiro atoms. The summed E-state index contributed by atoms with van der Waals surface area (Å²) in [4.78, 5) is 24.8. The highest BCUT2D eigenvalue weighted by atomic mass is 16.5. The first-order chi connectivity index (χ1) is 13.4. The van der Waals surface area contributed by atoms with Gasteiger partial charge in [0.2, 0.25) is 0 Å². The van der Waals surface area contributed by atoms with Crippen LogP contribution in [0.2, 0.25) is 0 Å². The van der Waals surface area contributed by atoms with Crippen LogP contribution in [0.15, 0.2) is 65.9 Å². The smallest absolute Gasteiger partial charge is 0.338 e. The van der Waals surface area contributed by atoms with E-state index < -0.39 is 12.0 Å². The van der Waals surface area contributed by atoms with Gasteiger partial charge in [0.1, 0.15) is 12.4 Å². The number of carbonyl (C=O) groups is 2. The Bertz CT molecular complexity index is 873. The van der Waals surface area contributed by atoms with Crippen molar-refractivity contribution in [2.24, 2.45) is 0 Å². The Morgan fingerprint density at radius 2 is 1.75 bits per heavy atom. The van der Waals surface area contributed by atoms with Crippen LogP contribution in [0.3, 0.4) is 0 Å². The topological polar surface area (TPSA) is 76.7 Å². The van der Waals surface area contributed by atoms with Gasteiger partial charge in [-0.05, 0) is 44.0 Å². The summed E-state index contributed by atoms with van der Waals surface area (Å²) in [6.45, 7) is 5.77. The van der Waals surface area contributed by atoms with Gasteiger partial charge in [-0.15, -0.1) is 0 Å². The van der Waals surface area contributed by atoms with Crippen molar-refractivity contribution in [3.63, 3.8) is 0 Å². The minimum absolute atomic E-state index is 0.0649. The van der Waals surface area contributed by atoms with Crippen LogP contribution in [0.25, 0.3) is 0 Å². The second-order valence-electron chi connectivity index (χ2n) is 6.87. The normalized spacial score (nSPS) is 16.4. The average Bonchev–Trinajstić information content (AvgIpc) is 2.66. The number of ether oxygens (including phenoxy) is 2. The number of allylic oxidation sites excluding steroid dienone is 1. The minimum atomic E-state index is -0.592. The van der Waals surface area contributed by atoms with E-state index in [-0.39, 0.29) is 18.7 Å². The number of hydrogen-bond acceptors (Lipinski definition) is 4. The van der Waals surface area contributed by atoms with Crippen molar-refractivity contribution in [2.45, 2.75) is 39.5 Å². The van der Waals surface area contributed by atoms with Gasteiger partial charge in [-0.25, -0.2) is 9.59 Å². The number of esters is 1. The second kappa shape index (κ2) is 8.61. The fraction of sp³-hybridized carbons (Fsp3) is 0.273. The Hall–Kier alpha value is -3.28. The van der Waals surface area contributed by atoms with Gasteiger partial charge in [0, 0.05) is 5.70 Å². The summed E-state index contributed by atoms with van der Waals surface area (Å²) in [7, 11) is 0. The summed E-state index contributed by atoms with van der Waals surface area (Å²) in [5.74, 6) is 0.259. The Labute approximate surface area is 164 Å². The van der Waals surface area contributed by atoms with E-state index in [0.717, 1.165) is 16.9 Å². The highest BCUT2D eigenvalue weighted by Gasteiger charge is 2.32. The standard InChI is InChI=1S/C22H24N2O4/c1-14(2)28-18-11-9-17(10-12-18)20-19(15(3)23-22(26)24-20)21(25)27-13-16-7-5-4-6-8-16/h4-12,14,20H,13H2,1-3H3,(H2,23,24,26). The molecule has 146 valence electrons. The number of carbonyl (C=O) groups excluding carboxylic acids is 2. The van der Waals surface area contributed by atoms with Crippen LogP contribution in [0, 0.1) is 0 Å². The van der Waals surface area contributed by atoms with E-state index in [4.69, 9.17) is 9.47 Å². The molecule has 1 aliphatic rings. The summed E-state index contributed by atoms with van der Waals surface area (Å²) in [6.07, 6.45) is 0.0649. The molecule has 1 atom stereocenters. The van der Waals surface area contributed by atoms with Gasteiger partial charge in [0.05, 0.1) is 17.7 Å². The lowest BCUT2D eigenvalue weighted by atomic mass is 9.95. The lowest BCUT2D eigenvalue weighted by Crippen LogP contribution is -2.45. The summed E-state index contributed by atoms with van der Waals surface area (Å²) >= 11 is 0. The Morgan fingerprint density at radius 1 is 1.07 bits per heavy atom. The summed E-state index contributed by atoms with van der Waals surface area (Å²) in [5.41, 5.74) is 2.54. The molecule has 0 radical (unpaired) electrons. The van der Waals surface area contributed by atoms with E-state index >= 15 is 0 Å². The van der Waals surface area contributed by atoms with Gasteiger partial charge in [-0.3, -0.25) is 0 Å². The summed E-state index contributed by atoms with van der Waals surface area (Å²) < 4.78 is 11.1. The molecule has 28 heavy (non-hydrogen) atoms. The Morgan fingerprint density at radius 3 is 2.39 bits per heavy atom. The predicted molar refractivity (Wildman–Crippen MR) is 106 cm³/mol. The maximum atomic E-state index is 12.8. The van der Waals surface area contributed by atoms with E-state index in [1.807, 2.05) is 68.4 Å². The lowest BCUT2D eigenvalue weighted by Gasteiger charge is -2.28. The number of urea groups is 1. The number of amides is 2. The second-order valence-corrected chi connectivity index (χ2v) is 6.87. The molecule has 2 aromatic carbocycles. The molecular weight excluding hydrogens is 356 g/mol. The van der Waals surface area contributed by atoms with Crippen LogP contribution in [0.4, 0.5) is 4.79 Å². The van der Waals surface area contributed by atoms with E-state index in [2.05, 4.69) is 10.6 Å². The summed E-state index contributed by atoms with van der Waals surface area (Å²) in [5, 5.41) is 5.45. The van der Waals surface area contributed by atoms with Crippen molar-refractivity contribution in [1.82, 2.24) is 10.6 Å². The van der Waals surface area contributed by atoms with E-state index in [1.165, 1.54) is 0 Å². The van der Waals surface area contributed by atoms with Gasteiger partial charge in [-0.1, -0.05) is 42.5 Å². The highest BCUT2D eigenvalue weighted by molar-refractivity contribution is 5.95. The molecule has 0 saturated carbocycles. The number of rotatable bonds is 6. The van der Waals surface area contributed by atoms with Crippen molar-refractivity contribution in [3.8, 4) is 5.75 Å². The van der Waals surface area contributed by atoms with Crippen molar-refractivity contribution < 1.29 is 19.1 Å². The number of nitrogens with one attached hydrogen (secondary N) is 2. The van der Waals surface area contributed by atoms with E-state index in [0.29, 0.717) is 11.3 Å². The molecule has 3 rings (SSSR count). The molecule has 0 saturated heterocycles. The maximum absolute atomic E-state index is 12.8. The molecule has 2 amide bonds. The fourth-order valence-electron chi connectivity index (χ4n) is 3.03. The van der Waals surface area contributed by atoms with Crippen LogP contribution >= 0.6 is 0 Å². The quantitative estimate of drug-likeness (QED) is 0.747. The molecule has 0 aliphatic carbocycles. The van der Waals surface area contributed by atoms with Gasteiger partial charge >= 0.3 is 12.0 Å². The molecule has 6 nitrogen and oxygen atoms in total.